The smallest absolute Gasteiger partial charge is 0.335 e. The van der Waals surface area contributed by atoms with Gasteiger partial charge in [-0.25, -0.2) is 4.79 Å². The summed E-state index contributed by atoms with van der Waals surface area (Å²) in [7, 11) is 0. The van der Waals surface area contributed by atoms with E-state index in [0.717, 1.165) is 12.1 Å². The molecule has 0 bridgehead atoms. The van der Waals surface area contributed by atoms with Crippen LogP contribution in [0.4, 0.5) is 0 Å². The fourth-order valence-electron chi connectivity index (χ4n) is 3.37. The molecule has 2 aromatic carbocycles. The maximum absolute atomic E-state index is 11.0. The molecule has 0 aliphatic heterocycles. The Hall–Kier alpha value is -2.13. The summed E-state index contributed by atoms with van der Waals surface area (Å²) in [4.78, 5) is 11.0. The highest BCUT2D eigenvalue weighted by Crippen LogP contribution is 2.34. The van der Waals surface area contributed by atoms with Gasteiger partial charge in [0.15, 0.2) is 0 Å². The molecule has 1 aliphatic rings. The number of hydrogen-bond acceptors (Lipinski definition) is 2. The van der Waals surface area contributed by atoms with Crippen molar-refractivity contribution in [1.82, 2.24) is 5.32 Å². The first kappa shape index (κ1) is 14.8. The Morgan fingerprint density at radius 3 is 2.68 bits per heavy atom. The molecule has 0 aromatic heterocycles. The highest BCUT2D eigenvalue weighted by Gasteiger charge is 2.27. The number of nitrogens with one attached hydrogen (secondary N) is 1. The molecule has 3 heteroatoms. The molecule has 22 heavy (non-hydrogen) atoms. The topological polar surface area (TPSA) is 49.3 Å². The lowest BCUT2D eigenvalue weighted by molar-refractivity contribution is 0.0696. The molecule has 2 N–H and O–H groups in total. The number of benzene rings is 2. The van der Waals surface area contributed by atoms with E-state index in [1.165, 1.54) is 24.8 Å². The molecule has 0 unspecified atom stereocenters. The maximum Gasteiger partial charge on any atom is 0.335 e. The van der Waals surface area contributed by atoms with E-state index < -0.39 is 5.97 Å². The fourth-order valence-corrected chi connectivity index (χ4v) is 3.37. The molecule has 3 nitrogen and oxygen atoms in total. The first-order valence-electron chi connectivity index (χ1n) is 7.84. The minimum absolute atomic E-state index is 0.352. The average Bonchev–Trinajstić information content (AvgIpc) is 3.02. The quantitative estimate of drug-likeness (QED) is 0.882. The van der Waals surface area contributed by atoms with E-state index >= 15 is 0 Å². The van der Waals surface area contributed by atoms with Crippen LogP contribution in [0.1, 0.15) is 46.7 Å². The summed E-state index contributed by atoms with van der Waals surface area (Å²) in [5.74, 6) is -0.311. The predicted octanol–water partition coefficient (Wildman–Crippen LogP) is 3.81. The van der Waals surface area contributed by atoms with Gasteiger partial charge in [-0.2, -0.15) is 0 Å². The predicted molar refractivity (Wildman–Crippen MR) is 87.1 cm³/mol. The Morgan fingerprint density at radius 2 is 1.91 bits per heavy atom. The van der Waals surface area contributed by atoms with Crippen LogP contribution in [0.5, 0.6) is 0 Å². The van der Waals surface area contributed by atoms with Crippen molar-refractivity contribution in [3.8, 4) is 0 Å². The maximum atomic E-state index is 11.0. The zero-order valence-electron chi connectivity index (χ0n) is 12.5. The summed E-state index contributed by atoms with van der Waals surface area (Å²) in [5, 5.41) is 12.7. The van der Waals surface area contributed by atoms with Gasteiger partial charge in [0.05, 0.1) is 5.56 Å². The van der Waals surface area contributed by atoms with Crippen LogP contribution >= 0.6 is 0 Å². The van der Waals surface area contributed by atoms with E-state index in [1.807, 2.05) is 12.1 Å². The third-order valence-corrected chi connectivity index (χ3v) is 4.49. The number of carboxylic acid groups (broad SMARTS) is 1. The van der Waals surface area contributed by atoms with Crippen molar-refractivity contribution in [1.29, 1.82) is 0 Å². The van der Waals surface area contributed by atoms with Crippen LogP contribution in [-0.4, -0.2) is 17.1 Å². The first-order valence-corrected chi connectivity index (χ1v) is 7.84. The molecule has 1 aliphatic carbocycles. The first-order chi connectivity index (χ1) is 10.7. The average molecular weight is 295 g/mol. The van der Waals surface area contributed by atoms with Gasteiger partial charge in [-0.15, -0.1) is 0 Å². The molecular formula is C19H21NO2. The molecule has 0 spiro atoms. The van der Waals surface area contributed by atoms with E-state index in [0.29, 0.717) is 17.5 Å². The Bertz CT molecular complexity index is 639. The Labute approximate surface area is 131 Å². The van der Waals surface area contributed by atoms with Gasteiger partial charge in [0.25, 0.3) is 0 Å². The molecule has 3 rings (SSSR count). The highest BCUT2D eigenvalue weighted by molar-refractivity contribution is 5.87. The fraction of sp³-hybridized carbons (Fsp3) is 0.316. The van der Waals surface area contributed by atoms with Gasteiger partial charge in [-0.1, -0.05) is 48.9 Å². The number of carbonyl (C=O) groups is 1. The van der Waals surface area contributed by atoms with Gasteiger partial charge in [0.2, 0.25) is 0 Å². The van der Waals surface area contributed by atoms with Crippen LogP contribution < -0.4 is 5.32 Å². The normalized spacial score (nSPS) is 20.9. The number of rotatable bonds is 5. The minimum Gasteiger partial charge on any atom is -0.478 e. The minimum atomic E-state index is -0.870. The van der Waals surface area contributed by atoms with Crippen molar-refractivity contribution in [3.63, 3.8) is 0 Å². The second kappa shape index (κ2) is 6.75. The van der Waals surface area contributed by atoms with Gasteiger partial charge in [-0.05, 0) is 42.0 Å². The Balaban J connectivity index is 1.66. The van der Waals surface area contributed by atoms with Crippen molar-refractivity contribution in [2.45, 2.75) is 37.8 Å². The molecule has 114 valence electrons. The zero-order valence-corrected chi connectivity index (χ0v) is 12.5. The van der Waals surface area contributed by atoms with Crippen LogP contribution in [0.3, 0.4) is 0 Å². The van der Waals surface area contributed by atoms with Gasteiger partial charge < -0.3 is 10.4 Å². The second-order valence-electron chi connectivity index (χ2n) is 5.94. The van der Waals surface area contributed by atoms with Crippen LogP contribution in [0.2, 0.25) is 0 Å². The molecule has 2 aromatic rings. The lowest BCUT2D eigenvalue weighted by Gasteiger charge is -2.21. The van der Waals surface area contributed by atoms with E-state index in [-0.39, 0.29) is 0 Å². The molecule has 0 radical (unpaired) electrons. The molecule has 1 saturated carbocycles. The summed E-state index contributed by atoms with van der Waals surface area (Å²) >= 11 is 0. The van der Waals surface area contributed by atoms with Gasteiger partial charge >= 0.3 is 5.97 Å². The summed E-state index contributed by atoms with van der Waals surface area (Å²) < 4.78 is 0. The standard InChI is InChI=1S/C19H21NO2/c21-19(22)16-9-4-6-14(12-16)13-20-18-11-5-10-17(18)15-7-2-1-3-8-15/h1-4,6-9,12,17-18,20H,5,10-11,13H2,(H,21,22)/t17-,18+/m0/s1. The molecule has 1 fully saturated rings. The summed E-state index contributed by atoms with van der Waals surface area (Å²) in [5.41, 5.74) is 2.78. The summed E-state index contributed by atoms with van der Waals surface area (Å²) in [6.07, 6.45) is 3.64. The Kier molecular flexibility index (Phi) is 4.54. The molecule has 0 saturated heterocycles. The van der Waals surface area contributed by atoms with Crippen LogP contribution in [0.15, 0.2) is 54.6 Å². The van der Waals surface area contributed by atoms with Crippen molar-refractivity contribution in [2.24, 2.45) is 0 Å². The summed E-state index contributed by atoms with van der Waals surface area (Å²) in [6.45, 7) is 0.717. The second-order valence-corrected chi connectivity index (χ2v) is 5.94. The van der Waals surface area contributed by atoms with Gasteiger partial charge in [-0.3, -0.25) is 0 Å². The van der Waals surface area contributed by atoms with Crippen LogP contribution in [0, 0.1) is 0 Å². The molecule has 2 atom stereocenters. The van der Waals surface area contributed by atoms with Crippen LogP contribution in [-0.2, 0) is 6.54 Å². The number of hydrogen-bond donors (Lipinski definition) is 2. The van der Waals surface area contributed by atoms with E-state index in [2.05, 4.69) is 35.6 Å². The largest absolute Gasteiger partial charge is 0.478 e. The van der Waals surface area contributed by atoms with Crippen molar-refractivity contribution in [3.05, 3.63) is 71.3 Å². The summed E-state index contributed by atoms with van der Waals surface area (Å²) in [6, 6.07) is 18.3. The van der Waals surface area contributed by atoms with Gasteiger partial charge in [0, 0.05) is 12.6 Å². The van der Waals surface area contributed by atoms with Crippen molar-refractivity contribution in [2.75, 3.05) is 0 Å². The molecule has 0 amide bonds. The van der Waals surface area contributed by atoms with E-state index in [9.17, 15) is 4.79 Å². The lowest BCUT2D eigenvalue weighted by atomic mass is 9.94. The zero-order chi connectivity index (χ0) is 15.4. The van der Waals surface area contributed by atoms with E-state index in [4.69, 9.17) is 5.11 Å². The third kappa shape index (κ3) is 3.37. The monoisotopic (exact) mass is 295 g/mol. The molecular weight excluding hydrogens is 274 g/mol. The molecule has 0 heterocycles. The van der Waals surface area contributed by atoms with E-state index in [1.54, 1.807) is 12.1 Å². The van der Waals surface area contributed by atoms with Crippen LogP contribution in [0.25, 0.3) is 0 Å². The number of aromatic carboxylic acids is 1. The third-order valence-electron chi connectivity index (χ3n) is 4.49. The Morgan fingerprint density at radius 1 is 1.09 bits per heavy atom. The number of carboxylic acids is 1. The highest BCUT2D eigenvalue weighted by atomic mass is 16.4. The van der Waals surface area contributed by atoms with Gasteiger partial charge in [0.1, 0.15) is 0 Å². The SMILES string of the molecule is O=C(O)c1cccc(CN[C@@H]2CCC[C@H]2c2ccccc2)c1. The van der Waals surface area contributed by atoms with Crippen molar-refractivity contribution < 1.29 is 9.90 Å². The van der Waals surface area contributed by atoms with Crippen molar-refractivity contribution >= 4 is 5.97 Å². The lowest BCUT2D eigenvalue weighted by Crippen LogP contribution is -2.30.